The van der Waals surface area contributed by atoms with Crippen LogP contribution in [0.4, 0.5) is 0 Å². The Balaban J connectivity index is 3.03. The summed E-state index contributed by atoms with van der Waals surface area (Å²) in [6.07, 6.45) is -0.0798. The summed E-state index contributed by atoms with van der Waals surface area (Å²) in [6, 6.07) is 7.50. The highest BCUT2D eigenvalue weighted by Gasteiger charge is 2.26. The van der Waals surface area contributed by atoms with Gasteiger partial charge in [0.1, 0.15) is 12.3 Å². The maximum absolute atomic E-state index is 12.4. The molecule has 1 aromatic carbocycles. The lowest BCUT2D eigenvalue weighted by atomic mass is 10.3. The molecule has 1 N–H and O–H groups in total. The van der Waals surface area contributed by atoms with Gasteiger partial charge in [-0.05, 0) is 31.2 Å². The van der Waals surface area contributed by atoms with Crippen LogP contribution in [0.3, 0.4) is 0 Å². The second kappa shape index (κ2) is 7.61. The first-order chi connectivity index (χ1) is 9.91. The zero-order chi connectivity index (χ0) is 15.9. The summed E-state index contributed by atoms with van der Waals surface area (Å²) in [5, 5.41) is 17.3. The van der Waals surface area contributed by atoms with Crippen molar-refractivity contribution in [2.45, 2.75) is 18.2 Å². The number of benzene rings is 1. The minimum absolute atomic E-state index is 0.0369. The van der Waals surface area contributed by atoms with Crippen molar-refractivity contribution >= 4 is 16.0 Å². The average Bonchev–Trinajstić information content (AvgIpc) is 2.44. The van der Waals surface area contributed by atoms with E-state index in [0.717, 1.165) is 4.31 Å². The fourth-order valence-electron chi connectivity index (χ4n) is 1.63. The zero-order valence-electron chi connectivity index (χ0n) is 11.5. The maximum atomic E-state index is 12.4. The highest BCUT2D eigenvalue weighted by Crippen LogP contribution is 2.19. The number of carbonyl (C=O) groups is 1. The third-order valence-electron chi connectivity index (χ3n) is 2.56. The molecule has 0 atom stereocenters. The number of nitriles is 1. The van der Waals surface area contributed by atoms with Crippen molar-refractivity contribution in [3.05, 3.63) is 24.3 Å². The summed E-state index contributed by atoms with van der Waals surface area (Å²) in [6.45, 7) is 1.41. The van der Waals surface area contributed by atoms with E-state index in [4.69, 9.17) is 15.1 Å². The topological polar surface area (TPSA) is 108 Å². The van der Waals surface area contributed by atoms with Crippen molar-refractivity contribution in [1.29, 1.82) is 5.26 Å². The molecule has 0 fully saturated rings. The largest absolute Gasteiger partial charge is 0.494 e. The first-order valence-electron chi connectivity index (χ1n) is 6.23. The van der Waals surface area contributed by atoms with Crippen LogP contribution >= 0.6 is 0 Å². The van der Waals surface area contributed by atoms with E-state index in [1.54, 1.807) is 13.0 Å². The van der Waals surface area contributed by atoms with Gasteiger partial charge in [-0.2, -0.15) is 9.57 Å². The van der Waals surface area contributed by atoms with Crippen LogP contribution in [0.15, 0.2) is 29.2 Å². The number of ether oxygens (including phenoxy) is 1. The number of hydrogen-bond donors (Lipinski definition) is 1. The fourth-order valence-corrected chi connectivity index (χ4v) is 3.02. The normalized spacial score (nSPS) is 11.1. The number of rotatable bonds is 8. The molecule has 7 nitrogen and oxygen atoms in total. The van der Waals surface area contributed by atoms with E-state index in [9.17, 15) is 13.2 Å². The summed E-state index contributed by atoms with van der Waals surface area (Å²) >= 11 is 0. The van der Waals surface area contributed by atoms with Gasteiger partial charge in [-0.15, -0.1) is 0 Å². The SMILES string of the molecule is CCOc1ccc(S(=O)(=O)N(CCC#N)CC(=O)O)cc1. The minimum Gasteiger partial charge on any atom is -0.494 e. The summed E-state index contributed by atoms with van der Waals surface area (Å²) in [5.74, 6) is -0.749. The van der Waals surface area contributed by atoms with Crippen molar-refractivity contribution in [2.75, 3.05) is 19.7 Å². The van der Waals surface area contributed by atoms with Crippen molar-refractivity contribution in [3.8, 4) is 11.8 Å². The lowest BCUT2D eigenvalue weighted by molar-refractivity contribution is -0.137. The van der Waals surface area contributed by atoms with Crippen LogP contribution in [-0.2, 0) is 14.8 Å². The molecular weight excluding hydrogens is 296 g/mol. The van der Waals surface area contributed by atoms with Crippen LogP contribution < -0.4 is 4.74 Å². The van der Waals surface area contributed by atoms with E-state index in [1.807, 2.05) is 0 Å². The van der Waals surface area contributed by atoms with Gasteiger partial charge in [-0.25, -0.2) is 8.42 Å². The molecule has 114 valence electrons. The molecule has 0 spiro atoms. The Hall–Kier alpha value is -2.11. The van der Waals surface area contributed by atoms with Gasteiger partial charge in [-0.3, -0.25) is 4.79 Å². The van der Waals surface area contributed by atoms with E-state index in [0.29, 0.717) is 12.4 Å². The first-order valence-corrected chi connectivity index (χ1v) is 7.67. The molecule has 0 bridgehead atoms. The molecule has 21 heavy (non-hydrogen) atoms. The Morgan fingerprint density at radius 3 is 2.48 bits per heavy atom. The van der Waals surface area contributed by atoms with Crippen LogP contribution in [-0.4, -0.2) is 43.5 Å². The number of hydrogen-bond acceptors (Lipinski definition) is 5. The van der Waals surface area contributed by atoms with Crippen molar-refractivity contribution in [3.63, 3.8) is 0 Å². The molecule has 0 saturated carbocycles. The zero-order valence-corrected chi connectivity index (χ0v) is 12.3. The molecule has 0 radical (unpaired) electrons. The van der Waals surface area contributed by atoms with Crippen molar-refractivity contribution in [1.82, 2.24) is 4.31 Å². The Morgan fingerprint density at radius 2 is 2.00 bits per heavy atom. The van der Waals surface area contributed by atoms with Gasteiger partial charge in [0.2, 0.25) is 10.0 Å². The molecule has 0 aliphatic carbocycles. The van der Waals surface area contributed by atoms with Gasteiger partial charge >= 0.3 is 5.97 Å². The smallest absolute Gasteiger partial charge is 0.318 e. The molecule has 8 heteroatoms. The minimum atomic E-state index is -3.95. The second-order valence-electron chi connectivity index (χ2n) is 4.04. The Morgan fingerprint density at radius 1 is 1.38 bits per heavy atom. The van der Waals surface area contributed by atoms with Gasteiger partial charge in [0.05, 0.1) is 17.6 Å². The van der Waals surface area contributed by atoms with Crippen LogP contribution in [0, 0.1) is 11.3 Å². The van der Waals surface area contributed by atoms with Crippen molar-refractivity contribution in [2.24, 2.45) is 0 Å². The van der Waals surface area contributed by atoms with Gasteiger partial charge in [-0.1, -0.05) is 0 Å². The summed E-state index contributed by atoms with van der Waals surface area (Å²) in [7, 11) is -3.95. The summed E-state index contributed by atoms with van der Waals surface area (Å²) in [4.78, 5) is 10.7. The van der Waals surface area contributed by atoms with Crippen LogP contribution in [0.5, 0.6) is 5.75 Å². The first kappa shape index (κ1) is 16.9. The molecule has 0 amide bonds. The summed E-state index contributed by atoms with van der Waals surface area (Å²) < 4.78 is 30.7. The number of carboxylic acid groups (broad SMARTS) is 1. The number of aliphatic carboxylic acids is 1. The van der Waals surface area contributed by atoms with E-state index in [-0.39, 0.29) is 17.9 Å². The van der Waals surface area contributed by atoms with Crippen LogP contribution in [0.1, 0.15) is 13.3 Å². The summed E-state index contributed by atoms with van der Waals surface area (Å²) in [5.41, 5.74) is 0. The van der Waals surface area contributed by atoms with Crippen LogP contribution in [0.25, 0.3) is 0 Å². The molecule has 0 heterocycles. The number of carboxylic acids is 1. The quantitative estimate of drug-likeness (QED) is 0.769. The van der Waals surface area contributed by atoms with Gasteiger partial charge in [0, 0.05) is 13.0 Å². The molecular formula is C13H16N2O5S. The predicted molar refractivity (Wildman–Crippen MR) is 74.2 cm³/mol. The van der Waals surface area contributed by atoms with Gasteiger partial charge in [0.25, 0.3) is 0 Å². The van der Waals surface area contributed by atoms with Gasteiger partial charge < -0.3 is 9.84 Å². The Kier molecular flexibility index (Phi) is 6.14. The highest BCUT2D eigenvalue weighted by molar-refractivity contribution is 7.89. The molecule has 1 aromatic rings. The maximum Gasteiger partial charge on any atom is 0.318 e. The molecule has 0 aliphatic heterocycles. The molecule has 0 saturated heterocycles. The Labute approximate surface area is 123 Å². The van der Waals surface area contributed by atoms with Gasteiger partial charge in [0.15, 0.2) is 0 Å². The molecule has 1 rings (SSSR count). The lowest BCUT2D eigenvalue weighted by Gasteiger charge is -2.19. The fraction of sp³-hybridized carbons (Fsp3) is 0.385. The standard InChI is InChI=1S/C13H16N2O5S/c1-2-20-11-4-6-12(7-5-11)21(18,19)15(9-3-8-14)10-13(16)17/h4-7H,2-3,9-10H2,1H3,(H,16,17). The molecule has 0 unspecified atom stereocenters. The van der Waals surface area contributed by atoms with Crippen molar-refractivity contribution < 1.29 is 23.1 Å². The second-order valence-corrected chi connectivity index (χ2v) is 5.98. The number of nitrogens with zero attached hydrogens (tertiary/aromatic N) is 2. The number of sulfonamides is 1. The van der Waals surface area contributed by atoms with E-state index in [1.165, 1.54) is 24.3 Å². The van der Waals surface area contributed by atoms with E-state index >= 15 is 0 Å². The molecule has 0 aromatic heterocycles. The average molecular weight is 312 g/mol. The van der Waals surface area contributed by atoms with Crippen LogP contribution in [0.2, 0.25) is 0 Å². The Bertz CT molecular complexity index is 619. The highest BCUT2D eigenvalue weighted by atomic mass is 32.2. The third kappa shape index (κ3) is 4.73. The van der Waals surface area contributed by atoms with E-state index in [2.05, 4.69) is 0 Å². The predicted octanol–water partition coefficient (Wildman–Crippen LogP) is 1.07. The molecule has 0 aliphatic rings. The van der Waals surface area contributed by atoms with E-state index < -0.39 is 22.5 Å². The lowest BCUT2D eigenvalue weighted by Crippen LogP contribution is -2.36. The third-order valence-corrected chi connectivity index (χ3v) is 4.42. The monoisotopic (exact) mass is 312 g/mol.